The van der Waals surface area contributed by atoms with Gasteiger partial charge in [0, 0.05) is 12.2 Å². The summed E-state index contributed by atoms with van der Waals surface area (Å²) in [5.41, 5.74) is 3.48. The van der Waals surface area contributed by atoms with Gasteiger partial charge >= 0.3 is 0 Å². The van der Waals surface area contributed by atoms with Crippen molar-refractivity contribution in [3.05, 3.63) is 76.9 Å². The Kier molecular flexibility index (Phi) is 5.97. The minimum atomic E-state index is -0.169. The van der Waals surface area contributed by atoms with Gasteiger partial charge in [-0.3, -0.25) is 9.69 Å². The number of nitrogens with zero attached hydrogens (tertiary/aromatic N) is 3. The first kappa shape index (κ1) is 19.5. The summed E-state index contributed by atoms with van der Waals surface area (Å²) in [5, 5.41) is 12.6. The van der Waals surface area contributed by atoms with Gasteiger partial charge in [0.1, 0.15) is 17.6 Å². The number of aromatic nitrogens is 1. The smallest absolute Gasteiger partial charge is 0.239 e. The number of rotatable bonds is 7. The Morgan fingerprint density at radius 2 is 1.96 bits per heavy atom. The fraction of sp³-hybridized carbons (Fsp3) is 0.273. The molecule has 0 saturated heterocycles. The number of carbonyl (C=O) groups excluding carboxylic acids is 1. The SMILES string of the molecule is Cc1c(C#N)c(NC(=O)CN(C)Cc2ccco2)n(Cc2ccccc2)c1C. The quantitative estimate of drug-likeness (QED) is 0.682. The Morgan fingerprint density at radius 3 is 2.61 bits per heavy atom. The monoisotopic (exact) mass is 376 g/mol. The third-order valence-corrected chi connectivity index (χ3v) is 4.80. The number of benzene rings is 1. The maximum absolute atomic E-state index is 12.6. The molecule has 6 heteroatoms. The maximum atomic E-state index is 12.6. The zero-order chi connectivity index (χ0) is 20.1. The van der Waals surface area contributed by atoms with Crippen molar-refractivity contribution < 1.29 is 9.21 Å². The highest BCUT2D eigenvalue weighted by molar-refractivity contribution is 5.93. The van der Waals surface area contributed by atoms with Crippen LogP contribution in [-0.4, -0.2) is 29.0 Å². The highest BCUT2D eigenvalue weighted by Crippen LogP contribution is 2.27. The standard InChI is InChI=1S/C22H24N4O2/c1-16-17(2)26(13-18-8-5-4-6-9-18)22(20(16)12-23)24-21(27)15-25(3)14-19-10-7-11-28-19/h4-11H,13-15H2,1-3H3,(H,24,27). The van der Waals surface area contributed by atoms with Gasteiger partial charge in [0.15, 0.2) is 0 Å². The van der Waals surface area contributed by atoms with Gasteiger partial charge in [-0.2, -0.15) is 5.26 Å². The fourth-order valence-corrected chi connectivity index (χ4v) is 3.24. The second-order valence-electron chi connectivity index (χ2n) is 6.92. The van der Waals surface area contributed by atoms with Crippen LogP contribution in [0, 0.1) is 25.2 Å². The second-order valence-corrected chi connectivity index (χ2v) is 6.92. The molecule has 6 nitrogen and oxygen atoms in total. The molecule has 3 aromatic rings. The molecule has 0 unspecified atom stereocenters. The zero-order valence-corrected chi connectivity index (χ0v) is 16.4. The van der Waals surface area contributed by atoms with Gasteiger partial charge in [-0.15, -0.1) is 0 Å². The summed E-state index contributed by atoms with van der Waals surface area (Å²) < 4.78 is 7.32. The maximum Gasteiger partial charge on any atom is 0.239 e. The lowest BCUT2D eigenvalue weighted by molar-refractivity contribution is -0.117. The topological polar surface area (TPSA) is 74.2 Å². The van der Waals surface area contributed by atoms with Crippen LogP contribution in [0.2, 0.25) is 0 Å². The summed E-state index contributed by atoms with van der Waals surface area (Å²) in [6.45, 7) is 5.20. The summed E-state index contributed by atoms with van der Waals surface area (Å²) in [7, 11) is 1.85. The van der Waals surface area contributed by atoms with E-state index in [0.717, 1.165) is 22.6 Å². The van der Waals surface area contributed by atoms with Crippen molar-refractivity contribution in [2.75, 3.05) is 18.9 Å². The molecule has 0 aliphatic heterocycles. The van der Waals surface area contributed by atoms with Crippen LogP contribution in [0.4, 0.5) is 5.82 Å². The van der Waals surface area contributed by atoms with Crippen LogP contribution in [0.3, 0.4) is 0 Å². The van der Waals surface area contributed by atoms with Gasteiger partial charge in [0.2, 0.25) is 5.91 Å². The van der Waals surface area contributed by atoms with E-state index in [2.05, 4.69) is 11.4 Å². The number of nitriles is 1. The highest BCUT2D eigenvalue weighted by Gasteiger charge is 2.20. The Morgan fingerprint density at radius 1 is 1.21 bits per heavy atom. The minimum Gasteiger partial charge on any atom is -0.468 e. The van der Waals surface area contributed by atoms with Crippen LogP contribution in [0.25, 0.3) is 0 Å². The number of carbonyl (C=O) groups is 1. The number of likely N-dealkylation sites (N-methyl/N-ethyl adjacent to an activating group) is 1. The molecule has 3 rings (SSSR count). The number of hydrogen-bond donors (Lipinski definition) is 1. The molecule has 1 amide bonds. The van der Waals surface area contributed by atoms with Gasteiger partial charge in [-0.25, -0.2) is 0 Å². The molecule has 0 aliphatic rings. The number of nitrogens with one attached hydrogen (secondary N) is 1. The average molecular weight is 376 g/mol. The average Bonchev–Trinajstić information content (AvgIpc) is 3.25. The van der Waals surface area contributed by atoms with E-state index >= 15 is 0 Å². The van der Waals surface area contributed by atoms with E-state index in [4.69, 9.17) is 4.42 Å². The van der Waals surface area contributed by atoms with Crippen LogP contribution in [0.1, 0.15) is 28.1 Å². The summed E-state index contributed by atoms with van der Waals surface area (Å²) >= 11 is 0. The Bertz CT molecular complexity index is 982. The van der Waals surface area contributed by atoms with Crippen molar-refractivity contribution in [3.63, 3.8) is 0 Å². The molecule has 0 fully saturated rings. The summed E-state index contributed by atoms with van der Waals surface area (Å²) in [4.78, 5) is 14.5. The highest BCUT2D eigenvalue weighted by atomic mass is 16.3. The van der Waals surface area contributed by atoms with Gasteiger partial charge in [-0.1, -0.05) is 30.3 Å². The van der Waals surface area contributed by atoms with E-state index in [1.54, 1.807) is 6.26 Å². The molecule has 1 aromatic carbocycles. The predicted molar refractivity (Wildman–Crippen MR) is 108 cm³/mol. The third kappa shape index (κ3) is 4.33. The van der Waals surface area contributed by atoms with Gasteiger partial charge in [0.25, 0.3) is 0 Å². The molecular weight excluding hydrogens is 352 g/mol. The van der Waals surface area contributed by atoms with Crippen LogP contribution in [-0.2, 0) is 17.9 Å². The van der Waals surface area contributed by atoms with Crippen LogP contribution in [0.5, 0.6) is 0 Å². The molecule has 0 spiro atoms. The molecule has 144 valence electrons. The lowest BCUT2D eigenvalue weighted by Gasteiger charge is -2.17. The van der Waals surface area contributed by atoms with Crippen molar-refractivity contribution in [2.24, 2.45) is 0 Å². The molecule has 2 aromatic heterocycles. The molecular formula is C22H24N4O2. The van der Waals surface area contributed by atoms with Crippen LogP contribution in [0.15, 0.2) is 53.1 Å². The first-order valence-corrected chi connectivity index (χ1v) is 9.14. The molecule has 0 atom stereocenters. The van der Waals surface area contributed by atoms with Crippen molar-refractivity contribution in [2.45, 2.75) is 26.9 Å². The molecule has 0 aliphatic carbocycles. The van der Waals surface area contributed by atoms with E-state index < -0.39 is 0 Å². The molecule has 0 saturated carbocycles. The van der Waals surface area contributed by atoms with Crippen LogP contribution < -0.4 is 5.32 Å². The predicted octanol–water partition coefficient (Wildman–Crippen LogP) is 3.69. The normalized spacial score (nSPS) is 10.8. The van der Waals surface area contributed by atoms with E-state index in [0.29, 0.717) is 24.5 Å². The van der Waals surface area contributed by atoms with Crippen molar-refractivity contribution in [1.82, 2.24) is 9.47 Å². The van der Waals surface area contributed by atoms with Crippen molar-refractivity contribution in [1.29, 1.82) is 5.26 Å². The minimum absolute atomic E-state index is 0.169. The van der Waals surface area contributed by atoms with Gasteiger partial charge in [-0.05, 0) is 44.2 Å². The van der Waals surface area contributed by atoms with E-state index in [1.165, 1.54) is 0 Å². The van der Waals surface area contributed by atoms with Crippen LogP contribution >= 0.6 is 0 Å². The summed E-state index contributed by atoms with van der Waals surface area (Å²) in [6, 6.07) is 15.9. The van der Waals surface area contributed by atoms with E-state index in [1.807, 2.05) is 72.8 Å². The lowest BCUT2D eigenvalue weighted by atomic mass is 10.2. The third-order valence-electron chi connectivity index (χ3n) is 4.80. The lowest BCUT2D eigenvalue weighted by Crippen LogP contribution is -2.30. The number of anilines is 1. The molecule has 1 N–H and O–H groups in total. The van der Waals surface area contributed by atoms with E-state index in [-0.39, 0.29) is 12.5 Å². The van der Waals surface area contributed by atoms with E-state index in [9.17, 15) is 10.1 Å². The number of hydrogen-bond acceptors (Lipinski definition) is 4. The van der Waals surface area contributed by atoms with Gasteiger partial charge < -0.3 is 14.3 Å². The molecule has 28 heavy (non-hydrogen) atoms. The Labute approximate surface area is 165 Å². The number of furan rings is 1. The van der Waals surface area contributed by atoms with Crippen molar-refractivity contribution in [3.8, 4) is 6.07 Å². The fourth-order valence-electron chi connectivity index (χ4n) is 3.24. The van der Waals surface area contributed by atoms with Crippen molar-refractivity contribution >= 4 is 11.7 Å². The second kappa shape index (κ2) is 8.59. The number of amides is 1. The summed E-state index contributed by atoms with van der Waals surface area (Å²) in [5.74, 6) is 1.18. The van der Waals surface area contributed by atoms with Gasteiger partial charge in [0.05, 0.1) is 24.9 Å². The summed E-state index contributed by atoms with van der Waals surface area (Å²) in [6.07, 6.45) is 1.62. The Balaban J connectivity index is 1.79. The largest absolute Gasteiger partial charge is 0.468 e. The molecule has 0 radical (unpaired) electrons. The molecule has 0 bridgehead atoms. The first-order chi connectivity index (χ1) is 13.5. The molecule has 2 heterocycles. The first-order valence-electron chi connectivity index (χ1n) is 9.14. The Hall–Kier alpha value is -3.30. The zero-order valence-electron chi connectivity index (χ0n) is 16.4.